The number of pyridine rings is 1. The normalized spacial score (nSPS) is 15.0. The Bertz CT molecular complexity index is 1470. The van der Waals surface area contributed by atoms with E-state index >= 15 is 0 Å². The van der Waals surface area contributed by atoms with Gasteiger partial charge in [-0.05, 0) is 36.8 Å². The van der Waals surface area contributed by atoms with E-state index in [1.54, 1.807) is 0 Å². The third-order valence-corrected chi connectivity index (χ3v) is 6.40. The number of rotatable bonds is 5. The van der Waals surface area contributed by atoms with Crippen molar-refractivity contribution in [2.45, 2.75) is 19.4 Å². The van der Waals surface area contributed by atoms with Crippen molar-refractivity contribution in [2.75, 3.05) is 0 Å². The molecule has 5 nitrogen and oxygen atoms in total. The Balaban J connectivity index is 1.29. The van der Waals surface area contributed by atoms with Gasteiger partial charge in [-0.2, -0.15) is 10.2 Å². The number of aromatic nitrogens is 3. The summed E-state index contributed by atoms with van der Waals surface area (Å²) in [6, 6.07) is 33.3. The van der Waals surface area contributed by atoms with Crippen LogP contribution < -0.4 is 5.43 Å². The highest BCUT2D eigenvalue weighted by molar-refractivity contribution is 6.02. The molecule has 1 N–H and O–H groups in total. The van der Waals surface area contributed by atoms with Crippen molar-refractivity contribution in [1.29, 1.82) is 0 Å². The molecule has 0 bridgehead atoms. The maximum atomic E-state index is 4.99. The molecule has 0 spiro atoms. The molecule has 35 heavy (non-hydrogen) atoms. The van der Waals surface area contributed by atoms with Crippen LogP contribution in [-0.4, -0.2) is 20.5 Å². The van der Waals surface area contributed by atoms with E-state index in [-0.39, 0.29) is 6.04 Å². The molecule has 0 aliphatic carbocycles. The van der Waals surface area contributed by atoms with Crippen LogP contribution in [0.15, 0.2) is 115 Å². The SMILES string of the molecule is Cc1ccc(-c2nn(-c3ccccc3)cc2C2CC(c3ccc(-c4ccccn4)cc3)=NN2)cc1. The first kappa shape index (κ1) is 21.1. The minimum absolute atomic E-state index is 0.0502. The highest BCUT2D eigenvalue weighted by Gasteiger charge is 2.26. The Kier molecular flexibility index (Phi) is 5.43. The van der Waals surface area contributed by atoms with Gasteiger partial charge >= 0.3 is 0 Å². The summed E-state index contributed by atoms with van der Waals surface area (Å²) in [6.45, 7) is 2.10. The molecule has 0 amide bonds. The number of nitrogens with one attached hydrogen (secondary N) is 1. The van der Waals surface area contributed by atoms with Crippen LogP contribution in [0.1, 0.15) is 29.2 Å². The quantitative estimate of drug-likeness (QED) is 0.336. The first-order valence-corrected chi connectivity index (χ1v) is 11.8. The Morgan fingerprint density at radius 2 is 1.49 bits per heavy atom. The second-order valence-corrected chi connectivity index (χ2v) is 8.82. The number of hydrogen-bond acceptors (Lipinski definition) is 4. The lowest BCUT2D eigenvalue weighted by Gasteiger charge is -2.10. The fourth-order valence-electron chi connectivity index (χ4n) is 4.46. The predicted molar refractivity (Wildman–Crippen MR) is 140 cm³/mol. The van der Waals surface area contributed by atoms with Crippen molar-refractivity contribution in [1.82, 2.24) is 20.2 Å². The lowest BCUT2D eigenvalue weighted by Crippen LogP contribution is -2.10. The van der Waals surface area contributed by atoms with Crippen molar-refractivity contribution >= 4 is 5.71 Å². The molecule has 1 aliphatic rings. The molecule has 0 radical (unpaired) electrons. The Labute approximate surface area is 204 Å². The van der Waals surface area contributed by atoms with E-state index in [0.717, 1.165) is 51.5 Å². The summed E-state index contributed by atoms with van der Waals surface area (Å²) in [7, 11) is 0. The number of nitrogens with zero attached hydrogens (tertiary/aromatic N) is 4. The van der Waals surface area contributed by atoms with Gasteiger partial charge < -0.3 is 5.43 Å². The highest BCUT2D eigenvalue weighted by Crippen LogP contribution is 2.33. The molecule has 5 heteroatoms. The number of aryl methyl sites for hydroxylation is 1. The Morgan fingerprint density at radius 3 is 2.23 bits per heavy atom. The van der Waals surface area contributed by atoms with E-state index in [1.165, 1.54) is 5.56 Å². The van der Waals surface area contributed by atoms with Crippen molar-refractivity contribution in [2.24, 2.45) is 5.10 Å². The summed E-state index contributed by atoms with van der Waals surface area (Å²) < 4.78 is 1.96. The monoisotopic (exact) mass is 455 g/mol. The molecule has 1 atom stereocenters. The largest absolute Gasteiger partial charge is 0.302 e. The van der Waals surface area contributed by atoms with Crippen LogP contribution in [0.25, 0.3) is 28.2 Å². The van der Waals surface area contributed by atoms with E-state index in [2.05, 4.69) is 84.2 Å². The van der Waals surface area contributed by atoms with E-state index < -0.39 is 0 Å². The van der Waals surface area contributed by atoms with Gasteiger partial charge in [0, 0.05) is 35.5 Å². The molecule has 1 unspecified atom stereocenters. The number of hydrazone groups is 1. The summed E-state index contributed by atoms with van der Waals surface area (Å²) in [6.07, 6.45) is 4.74. The van der Waals surface area contributed by atoms with Gasteiger partial charge in [-0.15, -0.1) is 0 Å². The summed E-state index contributed by atoms with van der Waals surface area (Å²) in [4.78, 5) is 4.45. The molecule has 2 aromatic heterocycles. The first-order chi connectivity index (χ1) is 17.2. The molecular formula is C30H25N5. The lowest BCUT2D eigenvalue weighted by atomic mass is 9.96. The second kappa shape index (κ2) is 9.03. The van der Waals surface area contributed by atoms with Crippen molar-refractivity contribution in [3.8, 4) is 28.2 Å². The summed E-state index contributed by atoms with van der Waals surface area (Å²) in [5.74, 6) is 0. The van der Waals surface area contributed by atoms with E-state index in [9.17, 15) is 0 Å². The Morgan fingerprint density at radius 1 is 0.771 bits per heavy atom. The highest BCUT2D eigenvalue weighted by atomic mass is 15.3. The van der Waals surface area contributed by atoms with Gasteiger partial charge in [0.05, 0.1) is 28.8 Å². The van der Waals surface area contributed by atoms with Gasteiger partial charge in [-0.25, -0.2) is 4.68 Å². The molecule has 170 valence electrons. The molecular weight excluding hydrogens is 430 g/mol. The summed E-state index contributed by atoms with van der Waals surface area (Å²) in [5, 5.41) is 9.70. The zero-order valence-electron chi connectivity index (χ0n) is 19.5. The second-order valence-electron chi connectivity index (χ2n) is 8.82. The minimum atomic E-state index is 0.0502. The lowest BCUT2D eigenvalue weighted by molar-refractivity contribution is 0.621. The molecule has 1 aliphatic heterocycles. The maximum absolute atomic E-state index is 4.99. The van der Waals surface area contributed by atoms with Gasteiger partial charge in [0.1, 0.15) is 0 Å². The average molecular weight is 456 g/mol. The van der Waals surface area contributed by atoms with Crippen LogP contribution in [-0.2, 0) is 0 Å². The third kappa shape index (κ3) is 4.24. The van der Waals surface area contributed by atoms with E-state index in [4.69, 9.17) is 10.2 Å². The molecule has 0 saturated heterocycles. The number of para-hydroxylation sites is 1. The summed E-state index contributed by atoms with van der Waals surface area (Å²) >= 11 is 0. The van der Waals surface area contributed by atoms with Crippen molar-refractivity contribution < 1.29 is 0 Å². The number of benzene rings is 3. The van der Waals surface area contributed by atoms with Crippen molar-refractivity contribution in [3.63, 3.8) is 0 Å². The predicted octanol–water partition coefficient (Wildman–Crippen LogP) is 6.35. The molecule has 3 aromatic carbocycles. The van der Waals surface area contributed by atoms with Gasteiger partial charge in [0.2, 0.25) is 0 Å². The fraction of sp³-hybridized carbons (Fsp3) is 0.100. The van der Waals surface area contributed by atoms with Crippen LogP contribution >= 0.6 is 0 Å². The van der Waals surface area contributed by atoms with Gasteiger partial charge in [-0.1, -0.05) is 78.4 Å². The maximum Gasteiger partial charge on any atom is 0.0981 e. The van der Waals surface area contributed by atoms with Gasteiger partial charge in [0.15, 0.2) is 0 Å². The molecule has 5 aromatic rings. The van der Waals surface area contributed by atoms with Crippen LogP contribution in [0.3, 0.4) is 0 Å². The number of hydrogen-bond donors (Lipinski definition) is 1. The minimum Gasteiger partial charge on any atom is -0.302 e. The van der Waals surface area contributed by atoms with E-state index in [1.807, 2.05) is 47.3 Å². The zero-order chi connectivity index (χ0) is 23.6. The van der Waals surface area contributed by atoms with Crippen LogP contribution in [0.5, 0.6) is 0 Å². The first-order valence-electron chi connectivity index (χ1n) is 11.8. The van der Waals surface area contributed by atoms with Gasteiger partial charge in [0.25, 0.3) is 0 Å². The third-order valence-electron chi connectivity index (χ3n) is 6.40. The average Bonchev–Trinajstić information content (AvgIpc) is 3.58. The fourth-order valence-corrected chi connectivity index (χ4v) is 4.46. The standard InChI is InChI=1S/C30H25N5/c1-21-10-12-24(13-11-21)30-26(20-35(34-30)25-7-3-2-4-8-25)29-19-28(32-33-29)23-16-14-22(15-17-23)27-9-5-6-18-31-27/h2-18,20,29,33H,19H2,1H3. The Hall–Kier alpha value is -4.51. The van der Waals surface area contributed by atoms with E-state index in [0.29, 0.717) is 0 Å². The van der Waals surface area contributed by atoms with Crippen LogP contribution in [0, 0.1) is 6.92 Å². The van der Waals surface area contributed by atoms with Crippen LogP contribution in [0.2, 0.25) is 0 Å². The van der Waals surface area contributed by atoms with Crippen LogP contribution in [0.4, 0.5) is 0 Å². The topological polar surface area (TPSA) is 55.1 Å². The molecule has 0 fully saturated rings. The van der Waals surface area contributed by atoms with Crippen molar-refractivity contribution in [3.05, 3.63) is 126 Å². The molecule has 3 heterocycles. The molecule has 0 saturated carbocycles. The zero-order valence-corrected chi connectivity index (χ0v) is 19.5. The van der Waals surface area contributed by atoms with Gasteiger partial charge in [-0.3, -0.25) is 4.98 Å². The molecule has 6 rings (SSSR count). The summed E-state index contributed by atoms with van der Waals surface area (Å²) in [5.41, 5.74) is 13.1. The smallest absolute Gasteiger partial charge is 0.0981 e.